The van der Waals surface area contributed by atoms with Gasteiger partial charge in [0.1, 0.15) is 0 Å². The number of nitrogens with zero attached hydrogens (tertiary/aromatic N) is 2. The van der Waals surface area contributed by atoms with Gasteiger partial charge >= 0.3 is 6.03 Å². The Morgan fingerprint density at radius 3 is 2.94 bits per heavy atom. The zero-order valence-electron chi connectivity index (χ0n) is 9.84. The van der Waals surface area contributed by atoms with E-state index in [9.17, 15) is 9.59 Å². The molecule has 94 valence electrons. The Labute approximate surface area is 104 Å². The third-order valence-electron chi connectivity index (χ3n) is 2.04. The van der Waals surface area contributed by atoms with Gasteiger partial charge in [0.25, 0.3) is 0 Å². The van der Waals surface area contributed by atoms with Crippen molar-refractivity contribution in [3.05, 3.63) is 12.4 Å². The first-order valence-electron chi connectivity index (χ1n) is 5.32. The highest BCUT2D eigenvalue weighted by Gasteiger charge is 2.18. The SMILES string of the molecule is CCCn1ccnc1SC(C)C(=O)NC(N)=O. The molecule has 1 aromatic heterocycles. The maximum atomic E-state index is 11.5. The van der Waals surface area contributed by atoms with Gasteiger partial charge in [0.2, 0.25) is 5.91 Å². The van der Waals surface area contributed by atoms with Crippen LogP contribution in [-0.2, 0) is 11.3 Å². The first-order chi connectivity index (χ1) is 8.04. The highest BCUT2D eigenvalue weighted by molar-refractivity contribution is 8.00. The van der Waals surface area contributed by atoms with Crippen molar-refractivity contribution in [1.29, 1.82) is 0 Å². The molecule has 0 aromatic carbocycles. The second-order valence-corrected chi connectivity index (χ2v) is 4.82. The number of nitrogens with two attached hydrogens (primary N) is 1. The Hall–Kier alpha value is -1.50. The molecule has 0 aliphatic heterocycles. The molecule has 7 heteroatoms. The minimum atomic E-state index is -0.834. The normalized spacial score (nSPS) is 12.1. The summed E-state index contributed by atoms with van der Waals surface area (Å²) in [6.07, 6.45) is 4.55. The van der Waals surface area contributed by atoms with Crippen LogP contribution in [0, 0.1) is 0 Å². The van der Waals surface area contributed by atoms with Crippen LogP contribution in [0.15, 0.2) is 17.6 Å². The molecule has 0 fully saturated rings. The summed E-state index contributed by atoms with van der Waals surface area (Å²) < 4.78 is 1.97. The number of urea groups is 1. The number of imide groups is 1. The fourth-order valence-electron chi connectivity index (χ4n) is 1.26. The van der Waals surface area contributed by atoms with Crippen LogP contribution in [0.2, 0.25) is 0 Å². The predicted molar refractivity (Wildman–Crippen MR) is 65.6 cm³/mol. The highest BCUT2D eigenvalue weighted by Crippen LogP contribution is 2.21. The Bertz CT molecular complexity index is 405. The molecule has 1 heterocycles. The zero-order chi connectivity index (χ0) is 12.8. The van der Waals surface area contributed by atoms with E-state index >= 15 is 0 Å². The summed E-state index contributed by atoms with van der Waals surface area (Å²) in [5, 5.41) is 2.40. The number of aromatic nitrogens is 2. The maximum absolute atomic E-state index is 11.5. The number of nitrogens with one attached hydrogen (secondary N) is 1. The van der Waals surface area contributed by atoms with Gasteiger partial charge in [-0.25, -0.2) is 9.78 Å². The minimum Gasteiger partial charge on any atom is -0.351 e. The van der Waals surface area contributed by atoms with Crippen LogP contribution in [0.1, 0.15) is 20.3 Å². The van der Waals surface area contributed by atoms with Crippen molar-refractivity contribution in [3.63, 3.8) is 0 Å². The topological polar surface area (TPSA) is 90.0 Å². The largest absolute Gasteiger partial charge is 0.351 e. The molecule has 3 N–H and O–H groups in total. The summed E-state index contributed by atoms with van der Waals surface area (Å²) in [6.45, 7) is 4.62. The van der Waals surface area contributed by atoms with Crippen molar-refractivity contribution in [3.8, 4) is 0 Å². The van der Waals surface area contributed by atoms with E-state index in [1.54, 1.807) is 13.1 Å². The van der Waals surface area contributed by atoms with E-state index in [1.807, 2.05) is 16.1 Å². The molecule has 3 amide bonds. The van der Waals surface area contributed by atoms with Crippen molar-refractivity contribution in [2.24, 2.45) is 5.73 Å². The van der Waals surface area contributed by atoms with E-state index in [1.165, 1.54) is 11.8 Å². The van der Waals surface area contributed by atoms with E-state index in [-0.39, 0.29) is 0 Å². The fourth-order valence-corrected chi connectivity index (χ4v) is 2.15. The van der Waals surface area contributed by atoms with Gasteiger partial charge in [-0.15, -0.1) is 0 Å². The van der Waals surface area contributed by atoms with Crippen LogP contribution in [0.5, 0.6) is 0 Å². The number of hydrogen-bond donors (Lipinski definition) is 2. The van der Waals surface area contributed by atoms with Gasteiger partial charge in [0, 0.05) is 18.9 Å². The van der Waals surface area contributed by atoms with Crippen LogP contribution >= 0.6 is 11.8 Å². The maximum Gasteiger partial charge on any atom is 0.318 e. The Balaban J connectivity index is 2.60. The number of amides is 3. The predicted octanol–water partition coefficient (Wildman–Crippen LogP) is 0.969. The lowest BCUT2D eigenvalue weighted by atomic mass is 10.4. The average molecular weight is 256 g/mol. The van der Waals surface area contributed by atoms with Crippen molar-refractivity contribution >= 4 is 23.7 Å². The molecule has 17 heavy (non-hydrogen) atoms. The van der Waals surface area contributed by atoms with Crippen LogP contribution in [0.4, 0.5) is 4.79 Å². The molecule has 0 radical (unpaired) electrons. The molecule has 0 aliphatic rings. The van der Waals surface area contributed by atoms with Crippen molar-refractivity contribution in [2.45, 2.75) is 37.2 Å². The quantitative estimate of drug-likeness (QED) is 0.768. The Morgan fingerprint density at radius 1 is 1.65 bits per heavy atom. The summed E-state index contributed by atoms with van der Waals surface area (Å²) in [5.74, 6) is -0.409. The number of thioether (sulfide) groups is 1. The highest BCUT2D eigenvalue weighted by atomic mass is 32.2. The number of carbonyl (C=O) groups is 2. The van der Waals surface area contributed by atoms with Crippen LogP contribution in [0.25, 0.3) is 0 Å². The first-order valence-corrected chi connectivity index (χ1v) is 6.20. The fraction of sp³-hybridized carbons (Fsp3) is 0.500. The number of rotatable bonds is 5. The lowest BCUT2D eigenvalue weighted by Gasteiger charge is -2.10. The number of hydrogen-bond acceptors (Lipinski definition) is 4. The first kappa shape index (κ1) is 13.6. The monoisotopic (exact) mass is 256 g/mol. The molecule has 0 bridgehead atoms. The lowest BCUT2D eigenvalue weighted by Crippen LogP contribution is -2.39. The standard InChI is InChI=1S/C10H16N4O2S/c1-3-5-14-6-4-12-10(14)17-7(2)8(15)13-9(11)16/h4,6-7H,3,5H2,1-2H3,(H3,11,13,15,16). The number of primary amides is 1. The Kier molecular flexibility index (Phi) is 5.02. The summed E-state index contributed by atoms with van der Waals surface area (Å²) in [4.78, 5) is 26.2. The number of imidazole rings is 1. The summed E-state index contributed by atoms with van der Waals surface area (Å²) in [5.41, 5.74) is 4.88. The van der Waals surface area contributed by atoms with Gasteiger partial charge in [-0.2, -0.15) is 0 Å². The minimum absolute atomic E-state index is 0.409. The van der Waals surface area contributed by atoms with Gasteiger partial charge < -0.3 is 10.3 Å². The molecular formula is C10H16N4O2S. The van der Waals surface area contributed by atoms with E-state index in [2.05, 4.69) is 11.9 Å². The second-order valence-electron chi connectivity index (χ2n) is 3.52. The zero-order valence-corrected chi connectivity index (χ0v) is 10.7. The van der Waals surface area contributed by atoms with Gasteiger partial charge in [-0.05, 0) is 13.3 Å². The van der Waals surface area contributed by atoms with Gasteiger partial charge in [0.05, 0.1) is 5.25 Å². The van der Waals surface area contributed by atoms with Crippen LogP contribution in [0.3, 0.4) is 0 Å². The van der Waals surface area contributed by atoms with Gasteiger partial charge in [-0.1, -0.05) is 18.7 Å². The molecule has 1 unspecified atom stereocenters. The summed E-state index contributed by atoms with van der Waals surface area (Å²) >= 11 is 1.30. The average Bonchev–Trinajstić information content (AvgIpc) is 2.65. The third kappa shape index (κ3) is 4.10. The van der Waals surface area contributed by atoms with E-state index in [0.29, 0.717) is 0 Å². The van der Waals surface area contributed by atoms with E-state index in [4.69, 9.17) is 5.73 Å². The molecule has 1 aromatic rings. The van der Waals surface area contributed by atoms with Crippen molar-refractivity contribution < 1.29 is 9.59 Å². The van der Waals surface area contributed by atoms with E-state index in [0.717, 1.165) is 18.1 Å². The van der Waals surface area contributed by atoms with E-state index < -0.39 is 17.2 Å². The molecule has 1 atom stereocenters. The number of carbonyl (C=O) groups excluding carboxylic acids is 2. The molecule has 0 saturated heterocycles. The molecule has 0 saturated carbocycles. The molecular weight excluding hydrogens is 240 g/mol. The summed E-state index contributed by atoms with van der Waals surface area (Å²) in [7, 11) is 0. The van der Waals surface area contributed by atoms with Gasteiger partial charge in [0.15, 0.2) is 5.16 Å². The van der Waals surface area contributed by atoms with Crippen LogP contribution < -0.4 is 11.1 Å². The molecule has 1 rings (SSSR count). The van der Waals surface area contributed by atoms with Crippen molar-refractivity contribution in [2.75, 3.05) is 0 Å². The smallest absolute Gasteiger partial charge is 0.318 e. The van der Waals surface area contributed by atoms with Crippen LogP contribution in [-0.4, -0.2) is 26.7 Å². The van der Waals surface area contributed by atoms with Gasteiger partial charge in [-0.3, -0.25) is 10.1 Å². The summed E-state index contributed by atoms with van der Waals surface area (Å²) in [6, 6.07) is -0.834. The molecule has 0 spiro atoms. The third-order valence-corrected chi connectivity index (χ3v) is 3.16. The lowest BCUT2D eigenvalue weighted by molar-refractivity contribution is -0.119. The van der Waals surface area contributed by atoms with Crippen molar-refractivity contribution in [1.82, 2.24) is 14.9 Å². The second kappa shape index (κ2) is 6.29. The Morgan fingerprint density at radius 2 is 2.35 bits per heavy atom. The number of aryl methyl sites for hydroxylation is 1. The molecule has 0 aliphatic carbocycles. The molecule has 6 nitrogen and oxygen atoms in total.